The number of alkyl halides is 4. The molecule has 1 heterocycles. The first kappa shape index (κ1) is 58.0. The number of nitrogens with one attached hydrogen (secondary N) is 1. The molecule has 3 rings (SSSR count). The molecule has 6 atom stereocenters. The van der Waals surface area contributed by atoms with Crippen LogP contribution in [0.3, 0.4) is 0 Å². The first-order valence-electron chi connectivity index (χ1n) is 24.3. The highest BCUT2D eigenvalue weighted by molar-refractivity contribution is 7.49. The first-order chi connectivity index (χ1) is 31.9. The molecular formula is C49H76Cl3FNO11P. The zero-order valence-electron chi connectivity index (χ0n) is 39.1. The van der Waals surface area contributed by atoms with Gasteiger partial charge in [-0.25, -0.2) is 13.8 Å². The molecule has 12 nitrogen and oxygen atoms in total. The summed E-state index contributed by atoms with van der Waals surface area (Å²) in [6.07, 6.45) is 15.8. The van der Waals surface area contributed by atoms with Crippen LogP contribution in [0.4, 0.5) is 9.18 Å². The number of carbonyl (C=O) groups excluding carboxylic acids is 2. The average molecular weight is 1010 g/mol. The largest absolute Gasteiger partial charge is 0.588 e. The summed E-state index contributed by atoms with van der Waals surface area (Å²) in [5.41, 5.74) is 0. The van der Waals surface area contributed by atoms with E-state index < -0.39 is 67.7 Å². The van der Waals surface area contributed by atoms with Gasteiger partial charge in [0.15, 0.2) is 6.29 Å². The summed E-state index contributed by atoms with van der Waals surface area (Å²) in [4.78, 5) is 26.3. The minimum atomic E-state index is -4.74. The monoisotopic (exact) mass is 1010 g/mol. The van der Waals surface area contributed by atoms with Gasteiger partial charge in [0.2, 0.25) is 3.79 Å². The highest BCUT2D eigenvalue weighted by atomic mass is 35.6. The number of aliphatic hydroxyl groups excluding tert-OH is 1. The van der Waals surface area contributed by atoms with Gasteiger partial charge in [0.05, 0.1) is 6.61 Å². The molecule has 2 aromatic rings. The molecule has 0 aliphatic carbocycles. The van der Waals surface area contributed by atoms with Crippen LogP contribution in [0.2, 0.25) is 0 Å². The second-order valence-corrected chi connectivity index (χ2v) is 21.0. The molecule has 0 spiro atoms. The Kier molecular flexibility index (Phi) is 29.9. The summed E-state index contributed by atoms with van der Waals surface area (Å²) in [6, 6.07) is 14.7. The van der Waals surface area contributed by atoms with Crippen molar-refractivity contribution >= 4 is 54.7 Å². The fourth-order valence-electron chi connectivity index (χ4n) is 7.74. The highest BCUT2D eigenvalue weighted by Gasteiger charge is 2.52. The van der Waals surface area contributed by atoms with E-state index in [9.17, 15) is 23.7 Å². The van der Waals surface area contributed by atoms with Crippen molar-refractivity contribution < 1.29 is 56.2 Å². The van der Waals surface area contributed by atoms with E-state index in [2.05, 4.69) is 19.2 Å². The quantitative estimate of drug-likeness (QED) is 0.0291. The number of hydrogen-bond acceptors (Lipinski definition) is 11. The van der Waals surface area contributed by atoms with Crippen LogP contribution >= 0.6 is 42.6 Å². The van der Waals surface area contributed by atoms with Gasteiger partial charge in [-0.3, -0.25) is 9.32 Å². The van der Waals surface area contributed by atoms with E-state index >= 15 is 0 Å². The number of para-hydroxylation sites is 2. The molecule has 0 aromatic heterocycles. The van der Waals surface area contributed by atoms with Crippen LogP contribution in [0.15, 0.2) is 60.7 Å². The van der Waals surface area contributed by atoms with Gasteiger partial charge >= 0.3 is 19.9 Å². The predicted octanol–water partition coefficient (Wildman–Crippen LogP) is 14.1. The van der Waals surface area contributed by atoms with Crippen molar-refractivity contribution in [2.75, 3.05) is 19.9 Å². The highest BCUT2D eigenvalue weighted by Crippen LogP contribution is 2.52. The fourth-order valence-corrected chi connectivity index (χ4v) is 9.34. The van der Waals surface area contributed by atoms with E-state index in [0.717, 1.165) is 51.4 Å². The SMILES string of the molecule is CCCCCCCCCCCCCC(=O)O[C@H](CCCCCCCCCCC)CCO[C@H]1[C@H](OP(=O)(Oc2ccccc2)Oc2ccccc2)[C@@H](CF)OC(O)[C@@H]1NC(=O)OCC(Cl)(Cl)Cl. The number of hydrogen-bond donors (Lipinski definition) is 2. The molecule has 1 aliphatic heterocycles. The number of phosphoric ester groups is 1. The smallest absolute Gasteiger partial charge is 0.462 e. The van der Waals surface area contributed by atoms with Crippen LogP contribution in [0.1, 0.15) is 162 Å². The zero-order chi connectivity index (χ0) is 47.9. The molecule has 2 aromatic carbocycles. The van der Waals surface area contributed by atoms with Crippen molar-refractivity contribution in [3.63, 3.8) is 0 Å². The van der Waals surface area contributed by atoms with Gasteiger partial charge in [0.25, 0.3) is 0 Å². The number of aliphatic hydroxyl groups is 1. The van der Waals surface area contributed by atoms with Crippen LogP contribution in [0, 0.1) is 0 Å². The lowest BCUT2D eigenvalue weighted by Gasteiger charge is -2.44. The van der Waals surface area contributed by atoms with Crippen molar-refractivity contribution in [3.05, 3.63) is 60.7 Å². The van der Waals surface area contributed by atoms with Gasteiger partial charge in [-0.2, -0.15) is 0 Å². The van der Waals surface area contributed by atoms with Crippen molar-refractivity contribution in [3.8, 4) is 11.5 Å². The maximum Gasteiger partial charge on any atom is 0.588 e. The summed E-state index contributed by atoms with van der Waals surface area (Å²) in [5, 5.41) is 13.7. The molecule has 376 valence electrons. The lowest BCUT2D eigenvalue weighted by Crippen LogP contribution is -2.65. The Labute approximate surface area is 408 Å². The Morgan fingerprint density at radius 2 is 1.21 bits per heavy atom. The number of halogens is 4. The number of benzene rings is 2. The topological polar surface area (TPSA) is 148 Å². The van der Waals surface area contributed by atoms with Crippen LogP contribution < -0.4 is 14.4 Å². The van der Waals surface area contributed by atoms with Gasteiger partial charge in [-0.05, 0) is 43.5 Å². The maximum absolute atomic E-state index is 14.9. The number of unbranched alkanes of at least 4 members (excludes halogenated alkanes) is 18. The molecule has 17 heteroatoms. The van der Waals surface area contributed by atoms with Gasteiger partial charge in [-0.15, -0.1) is 0 Å². The Morgan fingerprint density at radius 3 is 1.70 bits per heavy atom. The van der Waals surface area contributed by atoms with Gasteiger partial charge in [0, 0.05) is 12.8 Å². The number of ether oxygens (including phenoxy) is 4. The molecule has 1 aliphatic rings. The summed E-state index contributed by atoms with van der Waals surface area (Å²) in [7, 11) is -4.74. The van der Waals surface area contributed by atoms with Gasteiger partial charge < -0.3 is 38.4 Å². The zero-order valence-corrected chi connectivity index (χ0v) is 42.3. The van der Waals surface area contributed by atoms with Crippen LogP contribution in [-0.2, 0) is 32.8 Å². The number of phosphoric acid groups is 1. The van der Waals surface area contributed by atoms with E-state index in [1.165, 1.54) is 101 Å². The number of carbonyl (C=O) groups is 2. The third-order valence-corrected chi connectivity index (χ3v) is 13.0. The third-order valence-electron chi connectivity index (χ3n) is 11.3. The Morgan fingerprint density at radius 1 is 0.727 bits per heavy atom. The molecule has 0 bridgehead atoms. The first-order valence-corrected chi connectivity index (χ1v) is 26.9. The van der Waals surface area contributed by atoms with E-state index in [-0.39, 0.29) is 30.5 Å². The van der Waals surface area contributed by atoms with E-state index in [1.54, 1.807) is 36.4 Å². The van der Waals surface area contributed by atoms with Gasteiger partial charge in [-0.1, -0.05) is 201 Å². The van der Waals surface area contributed by atoms with E-state index in [1.807, 2.05) is 0 Å². The maximum atomic E-state index is 14.9. The second kappa shape index (κ2) is 34.0. The molecule has 1 saturated heterocycles. The Balaban J connectivity index is 1.78. The summed E-state index contributed by atoms with van der Waals surface area (Å²) in [6.45, 7) is 2.43. The summed E-state index contributed by atoms with van der Waals surface area (Å²) >= 11 is 17.4. The Bertz CT molecular complexity index is 1570. The molecule has 1 fully saturated rings. The van der Waals surface area contributed by atoms with Crippen LogP contribution in [0.25, 0.3) is 0 Å². The molecule has 0 radical (unpaired) electrons. The lowest BCUT2D eigenvalue weighted by atomic mass is 9.97. The van der Waals surface area contributed by atoms with E-state index in [4.69, 9.17) is 67.3 Å². The second-order valence-electron chi connectivity index (χ2n) is 17.0. The average Bonchev–Trinajstić information content (AvgIpc) is 3.29. The van der Waals surface area contributed by atoms with Crippen molar-refractivity contribution in [2.24, 2.45) is 0 Å². The standard InChI is InChI=1S/C49H76Cl3FNO11P/c1-3-5-7-9-11-13-14-16-18-20-28-34-43(55)61-39(29-23-19-17-15-12-10-8-6-4-2)35-36-59-46-44(54-48(57)60-38-49(50,51)52)47(56)62-42(37-53)45(46)65-66(58,63-40-30-24-21-25-31-40)64-41-32-26-22-27-33-41/h21-22,24-27,30-33,39,42,44-47,56H,3-20,23,28-29,34-38H2,1-2H3,(H,54,57)/t39-,42-,44-,45-,46-,47?/m1/s1. The molecular weight excluding hydrogens is 935 g/mol. The van der Waals surface area contributed by atoms with Crippen LogP contribution in [0.5, 0.6) is 11.5 Å². The molecule has 1 unspecified atom stereocenters. The van der Waals surface area contributed by atoms with Crippen LogP contribution in [-0.4, -0.2) is 77.6 Å². The van der Waals surface area contributed by atoms with E-state index in [0.29, 0.717) is 12.8 Å². The normalized spacial score (nSPS) is 19.2. The van der Waals surface area contributed by atoms with Gasteiger partial charge in [0.1, 0.15) is 55.2 Å². The van der Waals surface area contributed by atoms with Crippen molar-refractivity contribution in [1.82, 2.24) is 5.32 Å². The predicted molar refractivity (Wildman–Crippen MR) is 259 cm³/mol. The minimum absolute atomic E-state index is 0.113. The summed E-state index contributed by atoms with van der Waals surface area (Å²) < 4.78 is 68.5. The Hall–Kier alpha value is -2.35. The van der Waals surface area contributed by atoms with Crippen molar-refractivity contribution in [1.29, 1.82) is 0 Å². The number of alkyl carbamates (subject to hydrolysis) is 1. The number of esters is 1. The number of amides is 1. The molecule has 2 N–H and O–H groups in total. The minimum Gasteiger partial charge on any atom is -0.462 e. The fraction of sp³-hybridized carbons (Fsp3) is 0.714. The summed E-state index contributed by atoms with van der Waals surface area (Å²) in [5.74, 6) is -0.0653. The lowest BCUT2D eigenvalue weighted by molar-refractivity contribution is -0.254. The molecule has 1 amide bonds. The van der Waals surface area contributed by atoms with Crippen molar-refractivity contribution in [2.45, 2.75) is 202 Å². The molecule has 66 heavy (non-hydrogen) atoms. The number of rotatable bonds is 36. The third kappa shape index (κ3) is 25.3. The molecule has 0 saturated carbocycles.